The molecule has 2 aromatic carbocycles. The maximum Gasteiger partial charge on any atom is 0.317 e. The van der Waals surface area contributed by atoms with Gasteiger partial charge in [-0.05, 0) is 30.5 Å². The fraction of sp³-hybridized carbons (Fsp3) is 0.350. The van der Waals surface area contributed by atoms with Crippen molar-refractivity contribution in [2.75, 3.05) is 37.6 Å². The van der Waals surface area contributed by atoms with Crippen molar-refractivity contribution in [1.82, 2.24) is 10.2 Å². The number of phenolic OH excluding ortho intramolecular Hbond substituents is 1. The van der Waals surface area contributed by atoms with Crippen LogP contribution in [0.2, 0.25) is 0 Å². The summed E-state index contributed by atoms with van der Waals surface area (Å²) in [7, 11) is 0. The van der Waals surface area contributed by atoms with Gasteiger partial charge >= 0.3 is 6.03 Å². The third kappa shape index (κ3) is 4.66. The lowest BCUT2D eigenvalue weighted by Crippen LogP contribution is -2.52. The van der Waals surface area contributed by atoms with Gasteiger partial charge in [0.15, 0.2) is 0 Å². The van der Waals surface area contributed by atoms with Gasteiger partial charge in [0, 0.05) is 32.7 Å². The second kappa shape index (κ2) is 8.42. The molecular weight excluding hydrogens is 314 g/mol. The summed E-state index contributed by atoms with van der Waals surface area (Å²) in [5.74, 6) is 0.293. The second-order valence-electron chi connectivity index (χ2n) is 6.28. The molecule has 1 saturated heterocycles. The van der Waals surface area contributed by atoms with Crippen LogP contribution >= 0.6 is 0 Å². The highest BCUT2D eigenvalue weighted by atomic mass is 16.3. The summed E-state index contributed by atoms with van der Waals surface area (Å²) in [5.41, 5.74) is 2.14. The molecule has 0 bridgehead atoms. The van der Waals surface area contributed by atoms with Crippen LogP contribution in [0.5, 0.6) is 5.75 Å². The van der Waals surface area contributed by atoms with Crippen LogP contribution in [0.4, 0.5) is 10.5 Å². The third-order valence-corrected chi connectivity index (χ3v) is 4.55. The van der Waals surface area contributed by atoms with Gasteiger partial charge in [-0.25, -0.2) is 4.79 Å². The number of aryl methyl sites for hydroxylation is 1. The number of phenols is 1. The standard InChI is InChI=1S/C20H25N3O2/c24-19-11-5-4-10-18(19)22-13-15-23(16-14-22)20(25)21-12-6-9-17-7-2-1-3-8-17/h1-5,7-8,10-11,24H,6,9,12-16H2,(H,21,25). The first-order valence-electron chi connectivity index (χ1n) is 8.83. The molecule has 2 N–H and O–H groups in total. The Morgan fingerprint density at radius 1 is 0.960 bits per heavy atom. The van der Waals surface area contributed by atoms with E-state index in [0.717, 1.165) is 31.6 Å². The number of hydrogen-bond acceptors (Lipinski definition) is 3. The van der Waals surface area contributed by atoms with Crippen LogP contribution in [0.25, 0.3) is 0 Å². The molecule has 0 radical (unpaired) electrons. The Balaban J connectivity index is 1.39. The summed E-state index contributed by atoms with van der Waals surface area (Å²) in [4.78, 5) is 16.2. The Morgan fingerprint density at radius 3 is 2.36 bits per heavy atom. The van der Waals surface area contributed by atoms with Crippen molar-refractivity contribution in [3.05, 3.63) is 60.2 Å². The van der Waals surface area contributed by atoms with E-state index in [-0.39, 0.29) is 6.03 Å². The number of anilines is 1. The summed E-state index contributed by atoms with van der Waals surface area (Å²) < 4.78 is 0. The Morgan fingerprint density at radius 2 is 1.64 bits per heavy atom. The van der Waals surface area contributed by atoms with Gasteiger partial charge in [-0.2, -0.15) is 0 Å². The average molecular weight is 339 g/mol. The van der Waals surface area contributed by atoms with Gasteiger partial charge in [0.25, 0.3) is 0 Å². The molecule has 1 heterocycles. The van der Waals surface area contributed by atoms with Crippen molar-refractivity contribution in [2.45, 2.75) is 12.8 Å². The maximum absolute atomic E-state index is 12.3. The molecular formula is C20H25N3O2. The maximum atomic E-state index is 12.3. The van der Waals surface area contributed by atoms with Crippen LogP contribution in [-0.4, -0.2) is 48.8 Å². The first kappa shape index (κ1) is 17.1. The number of carbonyl (C=O) groups excluding carboxylic acids is 1. The summed E-state index contributed by atoms with van der Waals surface area (Å²) in [5, 5.41) is 12.9. The molecule has 132 valence electrons. The SMILES string of the molecule is O=C(NCCCc1ccccc1)N1CCN(c2ccccc2O)CC1. The molecule has 0 aliphatic carbocycles. The molecule has 0 unspecified atom stereocenters. The minimum atomic E-state index is 0.00463. The Kier molecular flexibility index (Phi) is 5.77. The van der Waals surface area contributed by atoms with E-state index in [1.165, 1.54) is 5.56 Å². The van der Waals surface area contributed by atoms with Crippen molar-refractivity contribution in [2.24, 2.45) is 0 Å². The molecule has 5 heteroatoms. The Hall–Kier alpha value is -2.69. The molecule has 5 nitrogen and oxygen atoms in total. The zero-order valence-corrected chi connectivity index (χ0v) is 14.4. The van der Waals surface area contributed by atoms with E-state index >= 15 is 0 Å². The highest BCUT2D eigenvalue weighted by Crippen LogP contribution is 2.27. The van der Waals surface area contributed by atoms with E-state index in [2.05, 4.69) is 22.3 Å². The Labute approximate surface area is 148 Å². The topological polar surface area (TPSA) is 55.8 Å². The minimum Gasteiger partial charge on any atom is -0.506 e. The highest BCUT2D eigenvalue weighted by molar-refractivity contribution is 5.74. The fourth-order valence-corrected chi connectivity index (χ4v) is 3.13. The number of nitrogens with zero attached hydrogens (tertiary/aromatic N) is 2. The summed E-state index contributed by atoms with van der Waals surface area (Å²) in [6, 6.07) is 17.7. The van der Waals surface area contributed by atoms with Gasteiger partial charge in [-0.1, -0.05) is 42.5 Å². The predicted molar refractivity (Wildman–Crippen MR) is 100 cm³/mol. The van der Waals surface area contributed by atoms with Crippen molar-refractivity contribution in [3.8, 4) is 5.75 Å². The summed E-state index contributed by atoms with van der Waals surface area (Å²) in [6.45, 7) is 3.48. The predicted octanol–water partition coefficient (Wildman–Crippen LogP) is 2.86. The van der Waals surface area contributed by atoms with Gasteiger partial charge in [-0.3, -0.25) is 0 Å². The number of amides is 2. The van der Waals surface area contributed by atoms with Gasteiger partial charge in [0.2, 0.25) is 0 Å². The van der Waals surface area contributed by atoms with Crippen LogP contribution in [-0.2, 0) is 6.42 Å². The van der Waals surface area contributed by atoms with E-state index in [1.807, 2.05) is 41.3 Å². The van der Waals surface area contributed by atoms with Crippen LogP contribution in [0.3, 0.4) is 0 Å². The summed E-state index contributed by atoms with van der Waals surface area (Å²) >= 11 is 0. The van der Waals surface area contributed by atoms with E-state index < -0.39 is 0 Å². The number of aromatic hydroxyl groups is 1. The Bertz CT molecular complexity index is 682. The molecule has 0 atom stereocenters. The van der Waals surface area contributed by atoms with Crippen molar-refractivity contribution in [1.29, 1.82) is 0 Å². The van der Waals surface area contributed by atoms with Crippen LogP contribution in [0, 0.1) is 0 Å². The van der Waals surface area contributed by atoms with Crippen molar-refractivity contribution in [3.63, 3.8) is 0 Å². The molecule has 25 heavy (non-hydrogen) atoms. The van der Waals surface area contributed by atoms with E-state index in [1.54, 1.807) is 6.07 Å². The van der Waals surface area contributed by atoms with Gasteiger partial charge in [0.1, 0.15) is 5.75 Å². The van der Waals surface area contributed by atoms with Crippen molar-refractivity contribution >= 4 is 11.7 Å². The molecule has 0 aromatic heterocycles. The number of hydrogen-bond donors (Lipinski definition) is 2. The number of rotatable bonds is 5. The third-order valence-electron chi connectivity index (χ3n) is 4.55. The van der Waals surface area contributed by atoms with Gasteiger partial charge in [-0.15, -0.1) is 0 Å². The molecule has 2 aromatic rings. The van der Waals surface area contributed by atoms with Crippen LogP contribution in [0.15, 0.2) is 54.6 Å². The first-order valence-corrected chi connectivity index (χ1v) is 8.83. The largest absolute Gasteiger partial charge is 0.506 e. The second-order valence-corrected chi connectivity index (χ2v) is 6.28. The lowest BCUT2D eigenvalue weighted by Gasteiger charge is -2.36. The monoisotopic (exact) mass is 339 g/mol. The van der Waals surface area contributed by atoms with Gasteiger partial charge < -0.3 is 20.2 Å². The lowest BCUT2D eigenvalue weighted by atomic mass is 10.1. The normalized spacial score (nSPS) is 14.4. The zero-order valence-electron chi connectivity index (χ0n) is 14.4. The number of nitrogens with one attached hydrogen (secondary N) is 1. The van der Waals surface area contributed by atoms with Crippen LogP contribution < -0.4 is 10.2 Å². The molecule has 0 spiro atoms. The summed E-state index contributed by atoms with van der Waals surface area (Å²) in [6.07, 6.45) is 1.91. The molecule has 1 aliphatic rings. The lowest BCUT2D eigenvalue weighted by molar-refractivity contribution is 0.194. The number of para-hydroxylation sites is 2. The molecule has 1 fully saturated rings. The quantitative estimate of drug-likeness (QED) is 0.824. The van der Waals surface area contributed by atoms with Gasteiger partial charge in [0.05, 0.1) is 5.69 Å². The molecule has 3 rings (SSSR count). The van der Waals surface area contributed by atoms with E-state index in [9.17, 15) is 9.90 Å². The number of benzene rings is 2. The van der Waals surface area contributed by atoms with E-state index in [4.69, 9.17) is 0 Å². The van der Waals surface area contributed by atoms with Crippen molar-refractivity contribution < 1.29 is 9.90 Å². The number of piperazine rings is 1. The highest BCUT2D eigenvalue weighted by Gasteiger charge is 2.22. The smallest absolute Gasteiger partial charge is 0.317 e. The first-order chi connectivity index (χ1) is 12.2. The molecule has 1 aliphatic heterocycles. The molecule has 2 amide bonds. The number of carbonyl (C=O) groups is 1. The zero-order chi connectivity index (χ0) is 17.5. The number of urea groups is 1. The molecule has 0 saturated carbocycles. The van der Waals surface area contributed by atoms with E-state index in [0.29, 0.717) is 25.4 Å². The average Bonchev–Trinajstić information content (AvgIpc) is 2.66. The van der Waals surface area contributed by atoms with Crippen LogP contribution in [0.1, 0.15) is 12.0 Å². The minimum absolute atomic E-state index is 0.00463. The fourth-order valence-electron chi connectivity index (χ4n) is 3.13.